The Hall–Kier alpha value is -1.99. The molecule has 1 aliphatic carbocycles. The van der Waals surface area contributed by atoms with Crippen molar-refractivity contribution in [2.45, 2.75) is 39.4 Å². The minimum atomic E-state index is 0.0320. The predicted octanol–water partition coefficient (Wildman–Crippen LogP) is 2.66. The summed E-state index contributed by atoms with van der Waals surface area (Å²) in [4.78, 5) is 14.0. The van der Waals surface area contributed by atoms with Gasteiger partial charge in [-0.05, 0) is 58.1 Å². The van der Waals surface area contributed by atoms with Crippen LogP contribution < -0.4 is 5.32 Å². The zero-order chi connectivity index (χ0) is 17.3. The van der Waals surface area contributed by atoms with Gasteiger partial charge in [0.1, 0.15) is 0 Å². The topological polar surface area (TPSA) is 63.3 Å². The molecule has 7 heteroatoms. The van der Waals surface area contributed by atoms with Crippen LogP contribution in [0.4, 0.5) is 0 Å². The van der Waals surface area contributed by atoms with Gasteiger partial charge in [0.2, 0.25) is 11.8 Å². The van der Waals surface area contributed by atoms with Crippen molar-refractivity contribution in [1.29, 1.82) is 0 Å². The molecule has 1 aliphatic rings. The van der Waals surface area contributed by atoms with E-state index in [2.05, 4.69) is 16.5 Å². The molecule has 2 aromatic rings. The Kier molecular flexibility index (Phi) is 4.82. The molecule has 1 aromatic carbocycles. The number of carbonyl (C=O) groups excluding carboxylic acids is 1. The summed E-state index contributed by atoms with van der Waals surface area (Å²) in [5.74, 6) is 0.534. The molecule has 0 unspecified atom stereocenters. The number of amides is 1. The van der Waals surface area contributed by atoms with E-state index in [4.69, 9.17) is 16.6 Å². The number of benzene rings is 1. The number of rotatable bonds is 6. The average molecular weight is 346 g/mol. The zero-order valence-electron chi connectivity index (χ0n) is 14.2. The molecule has 1 heterocycles. The molecular formula is C17H22N4O2S. The van der Waals surface area contributed by atoms with Crippen molar-refractivity contribution in [3.8, 4) is 11.5 Å². The van der Waals surface area contributed by atoms with Gasteiger partial charge in [-0.3, -0.25) is 9.69 Å². The second-order valence-corrected chi connectivity index (χ2v) is 6.90. The average Bonchev–Trinajstić information content (AvgIpc) is 3.20. The number of carbonyl (C=O) groups is 1. The van der Waals surface area contributed by atoms with Gasteiger partial charge < -0.3 is 9.73 Å². The number of hydrogen-bond donors (Lipinski definition) is 1. The molecular weight excluding hydrogens is 324 g/mol. The Balaban J connectivity index is 1.69. The van der Waals surface area contributed by atoms with Gasteiger partial charge in [-0.25, -0.2) is 4.68 Å². The third-order valence-corrected chi connectivity index (χ3v) is 4.10. The normalized spacial score (nSPS) is 14.2. The smallest absolute Gasteiger partial charge is 0.288 e. The first-order valence-corrected chi connectivity index (χ1v) is 8.46. The first-order valence-electron chi connectivity index (χ1n) is 8.05. The van der Waals surface area contributed by atoms with Gasteiger partial charge in [0.25, 0.3) is 4.84 Å². The summed E-state index contributed by atoms with van der Waals surface area (Å²) in [5, 5.41) is 7.42. The number of likely N-dealkylation sites (N-methyl/N-ethyl adjacent to an activating group) is 1. The number of nitrogens with zero attached hydrogens (tertiary/aromatic N) is 3. The molecule has 0 bridgehead atoms. The van der Waals surface area contributed by atoms with Crippen molar-refractivity contribution in [2.24, 2.45) is 0 Å². The number of hydrogen-bond acceptors (Lipinski definition) is 5. The Labute approximate surface area is 146 Å². The Morgan fingerprint density at radius 1 is 1.38 bits per heavy atom. The lowest BCUT2D eigenvalue weighted by molar-refractivity contribution is -0.122. The van der Waals surface area contributed by atoms with Crippen LogP contribution in [0.15, 0.2) is 22.6 Å². The van der Waals surface area contributed by atoms with Crippen molar-refractivity contribution in [2.75, 3.05) is 13.6 Å². The van der Waals surface area contributed by atoms with Gasteiger partial charge in [0.05, 0.1) is 13.2 Å². The first-order chi connectivity index (χ1) is 11.4. The van der Waals surface area contributed by atoms with Crippen LogP contribution in [-0.4, -0.2) is 40.2 Å². The van der Waals surface area contributed by atoms with E-state index in [9.17, 15) is 4.79 Å². The van der Waals surface area contributed by atoms with Crippen molar-refractivity contribution in [1.82, 2.24) is 20.0 Å². The Bertz CT molecular complexity index is 787. The third-order valence-electron chi connectivity index (χ3n) is 3.81. The summed E-state index contributed by atoms with van der Waals surface area (Å²) in [6.07, 6.45) is 2.17. The molecule has 1 amide bonds. The molecule has 128 valence electrons. The highest BCUT2D eigenvalue weighted by molar-refractivity contribution is 7.71. The largest absolute Gasteiger partial charge is 0.409 e. The molecule has 6 nitrogen and oxygen atoms in total. The van der Waals surface area contributed by atoms with Gasteiger partial charge in [0, 0.05) is 11.6 Å². The highest BCUT2D eigenvalue weighted by Crippen LogP contribution is 2.21. The molecule has 0 saturated heterocycles. The molecule has 0 aliphatic heterocycles. The fourth-order valence-corrected chi connectivity index (χ4v) is 2.81. The van der Waals surface area contributed by atoms with Gasteiger partial charge >= 0.3 is 0 Å². The molecule has 24 heavy (non-hydrogen) atoms. The maximum Gasteiger partial charge on any atom is 0.288 e. The molecule has 1 fully saturated rings. The van der Waals surface area contributed by atoms with Crippen molar-refractivity contribution in [3.05, 3.63) is 34.2 Å². The minimum Gasteiger partial charge on any atom is -0.409 e. The maximum atomic E-state index is 11.8. The van der Waals surface area contributed by atoms with Crippen LogP contribution in [0, 0.1) is 18.7 Å². The Morgan fingerprint density at radius 3 is 2.67 bits per heavy atom. The first kappa shape index (κ1) is 16.9. The van der Waals surface area contributed by atoms with Crippen LogP contribution in [0.2, 0.25) is 0 Å². The molecule has 1 N–H and O–H groups in total. The molecule has 0 spiro atoms. The minimum absolute atomic E-state index is 0.0320. The lowest BCUT2D eigenvalue weighted by atomic mass is 10.1. The predicted molar refractivity (Wildman–Crippen MR) is 94.0 cm³/mol. The highest BCUT2D eigenvalue weighted by Gasteiger charge is 2.23. The molecule has 1 aromatic heterocycles. The van der Waals surface area contributed by atoms with E-state index in [1.165, 1.54) is 0 Å². The molecule has 0 atom stereocenters. The van der Waals surface area contributed by atoms with E-state index in [0.717, 1.165) is 29.5 Å². The maximum absolute atomic E-state index is 11.8. The summed E-state index contributed by atoms with van der Waals surface area (Å²) in [7, 11) is 1.86. The van der Waals surface area contributed by atoms with Crippen LogP contribution >= 0.6 is 12.2 Å². The van der Waals surface area contributed by atoms with E-state index in [0.29, 0.717) is 30.0 Å². The second-order valence-electron chi connectivity index (χ2n) is 6.55. The van der Waals surface area contributed by atoms with Crippen LogP contribution in [0.5, 0.6) is 0 Å². The molecule has 3 rings (SSSR count). The lowest BCUT2D eigenvalue weighted by Crippen LogP contribution is -2.37. The van der Waals surface area contributed by atoms with Crippen LogP contribution in [-0.2, 0) is 11.5 Å². The highest BCUT2D eigenvalue weighted by atomic mass is 32.1. The summed E-state index contributed by atoms with van der Waals surface area (Å²) >= 11 is 5.26. The SMILES string of the molecule is Cc1cc(C)cc(-c2nn(CN(C)CC(=O)NC3CC3)c(=S)o2)c1. The number of aryl methyl sites for hydroxylation is 2. The zero-order valence-corrected chi connectivity index (χ0v) is 15.0. The van der Waals surface area contributed by atoms with Gasteiger partial charge in [-0.1, -0.05) is 17.2 Å². The van der Waals surface area contributed by atoms with Crippen molar-refractivity contribution < 1.29 is 9.21 Å². The lowest BCUT2D eigenvalue weighted by Gasteiger charge is -2.15. The fourth-order valence-electron chi connectivity index (χ4n) is 2.64. The van der Waals surface area contributed by atoms with Gasteiger partial charge in [0.15, 0.2) is 0 Å². The summed E-state index contributed by atoms with van der Waals surface area (Å²) in [6.45, 7) is 4.79. The van der Waals surface area contributed by atoms with E-state index in [1.54, 1.807) is 4.68 Å². The summed E-state index contributed by atoms with van der Waals surface area (Å²) < 4.78 is 7.23. The van der Waals surface area contributed by atoms with Crippen LogP contribution in [0.1, 0.15) is 24.0 Å². The van der Waals surface area contributed by atoms with Crippen LogP contribution in [0.25, 0.3) is 11.5 Å². The van der Waals surface area contributed by atoms with Crippen molar-refractivity contribution in [3.63, 3.8) is 0 Å². The molecule has 1 saturated carbocycles. The fraction of sp³-hybridized carbons (Fsp3) is 0.471. The van der Waals surface area contributed by atoms with E-state index >= 15 is 0 Å². The number of nitrogens with one attached hydrogen (secondary N) is 1. The monoisotopic (exact) mass is 346 g/mol. The van der Waals surface area contributed by atoms with E-state index in [-0.39, 0.29) is 5.91 Å². The number of aromatic nitrogens is 2. The quantitative estimate of drug-likeness (QED) is 0.815. The standard InChI is InChI=1S/C17H22N4O2S/c1-11-6-12(2)8-13(7-11)16-19-21(17(24)23-16)10-20(3)9-15(22)18-14-4-5-14/h6-8,14H,4-5,9-10H2,1-3H3,(H,18,22). The van der Waals surface area contributed by atoms with Gasteiger partial charge in [-0.15, -0.1) is 5.10 Å². The van der Waals surface area contributed by atoms with Crippen molar-refractivity contribution >= 4 is 18.1 Å². The Morgan fingerprint density at radius 2 is 2.04 bits per heavy atom. The van der Waals surface area contributed by atoms with E-state index < -0.39 is 0 Å². The second kappa shape index (κ2) is 6.86. The third kappa shape index (κ3) is 4.30. The summed E-state index contributed by atoms with van der Waals surface area (Å²) in [6, 6.07) is 6.51. The molecule has 0 radical (unpaired) electrons. The van der Waals surface area contributed by atoms with E-state index in [1.807, 2.05) is 37.9 Å². The van der Waals surface area contributed by atoms with Gasteiger partial charge in [-0.2, -0.15) is 0 Å². The summed E-state index contributed by atoms with van der Waals surface area (Å²) in [5.41, 5.74) is 3.20. The van der Waals surface area contributed by atoms with Crippen LogP contribution in [0.3, 0.4) is 0 Å².